The highest BCUT2D eigenvalue weighted by Crippen LogP contribution is 2.27. The Hall–Kier alpha value is -2.67. The van der Waals surface area contributed by atoms with E-state index in [4.69, 9.17) is 9.26 Å². The van der Waals surface area contributed by atoms with Gasteiger partial charge in [0.15, 0.2) is 12.4 Å². The summed E-state index contributed by atoms with van der Waals surface area (Å²) in [5, 5.41) is 7.88. The normalized spacial score (nSPS) is 16.8. The van der Waals surface area contributed by atoms with Gasteiger partial charge in [0, 0.05) is 24.4 Å². The third kappa shape index (κ3) is 3.62. The van der Waals surface area contributed by atoms with Crippen molar-refractivity contribution >= 4 is 17.2 Å². The van der Waals surface area contributed by atoms with E-state index in [2.05, 4.69) is 10.1 Å². The molecule has 1 aliphatic heterocycles. The maximum atomic E-state index is 12.4. The summed E-state index contributed by atoms with van der Waals surface area (Å²) in [6.45, 7) is 3.60. The monoisotopic (exact) mass is 369 g/mol. The summed E-state index contributed by atoms with van der Waals surface area (Å²) < 4.78 is 11.0. The highest BCUT2D eigenvalue weighted by atomic mass is 32.1. The first-order chi connectivity index (χ1) is 12.7. The average molecular weight is 369 g/mol. The zero-order valence-electron chi connectivity index (χ0n) is 14.4. The van der Waals surface area contributed by atoms with Crippen LogP contribution in [0.1, 0.15) is 40.0 Å². The minimum atomic E-state index is 0.0696. The van der Waals surface area contributed by atoms with Crippen LogP contribution in [0.3, 0.4) is 0 Å². The second-order valence-corrected chi connectivity index (χ2v) is 7.18. The lowest BCUT2D eigenvalue weighted by Crippen LogP contribution is -2.28. The van der Waals surface area contributed by atoms with Gasteiger partial charge in [-0.05, 0) is 36.9 Å². The molecule has 1 amide bonds. The molecule has 6 nitrogen and oxygen atoms in total. The number of hydrogen-bond donors (Lipinski definition) is 0. The van der Waals surface area contributed by atoms with Crippen LogP contribution < -0.4 is 4.74 Å². The number of ether oxygens (including phenoxy) is 1. The fourth-order valence-corrected chi connectivity index (χ4v) is 3.63. The molecule has 1 atom stereocenters. The van der Waals surface area contributed by atoms with Crippen LogP contribution in [-0.2, 0) is 6.61 Å². The van der Waals surface area contributed by atoms with Gasteiger partial charge >= 0.3 is 0 Å². The number of rotatable bonds is 5. The first-order valence-corrected chi connectivity index (χ1v) is 9.47. The van der Waals surface area contributed by atoms with Gasteiger partial charge in [-0.2, -0.15) is 16.3 Å². The number of hydrogen-bond acceptors (Lipinski definition) is 6. The Labute approximate surface area is 155 Å². The Morgan fingerprint density at radius 3 is 2.96 bits per heavy atom. The van der Waals surface area contributed by atoms with Gasteiger partial charge in [0.2, 0.25) is 0 Å². The predicted octanol–water partition coefficient (Wildman–Crippen LogP) is 3.65. The Kier molecular flexibility index (Phi) is 4.71. The molecule has 1 unspecified atom stereocenters. The summed E-state index contributed by atoms with van der Waals surface area (Å²) in [6, 6.07) is 9.67. The minimum absolute atomic E-state index is 0.0696. The smallest absolute Gasteiger partial charge is 0.264 e. The molecule has 134 valence electrons. The number of nitrogens with zero attached hydrogens (tertiary/aromatic N) is 3. The van der Waals surface area contributed by atoms with Crippen molar-refractivity contribution in [1.29, 1.82) is 0 Å². The maximum Gasteiger partial charge on any atom is 0.264 e. The van der Waals surface area contributed by atoms with Gasteiger partial charge in [-0.15, -0.1) is 0 Å². The molecule has 3 heterocycles. The maximum absolute atomic E-state index is 12.4. The molecule has 0 saturated carbocycles. The van der Waals surface area contributed by atoms with Crippen molar-refractivity contribution in [2.75, 3.05) is 13.1 Å². The van der Waals surface area contributed by atoms with E-state index in [-0.39, 0.29) is 18.4 Å². The van der Waals surface area contributed by atoms with E-state index in [1.807, 2.05) is 52.9 Å². The van der Waals surface area contributed by atoms with Gasteiger partial charge in [0.05, 0.1) is 5.56 Å². The quantitative estimate of drug-likeness (QED) is 0.687. The molecular formula is C19H19N3O3S. The van der Waals surface area contributed by atoms with E-state index in [9.17, 15) is 4.79 Å². The molecule has 3 aromatic rings. The molecule has 0 radical (unpaired) electrons. The molecule has 4 rings (SSSR count). The molecule has 1 fully saturated rings. The molecule has 1 aliphatic rings. The standard InChI is InChI=1S/C19H19N3O3S/c1-13-2-4-16(5-3-13)24-11-17-20-18(21-25-17)14-6-8-22(10-14)19(23)15-7-9-26-12-15/h2-5,7,9,12,14H,6,8,10-11H2,1H3. The molecule has 26 heavy (non-hydrogen) atoms. The van der Waals surface area contributed by atoms with Crippen LogP contribution in [-0.4, -0.2) is 34.0 Å². The van der Waals surface area contributed by atoms with Gasteiger partial charge in [0.1, 0.15) is 5.75 Å². The number of benzene rings is 1. The Morgan fingerprint density at radius 1 is 1.35 bits per heavy atom. The lowest BCUT2D eigenvalue weighted by atomic mass is 10.1. The Balaban J connectivity index is 1.34. The van der Waals surface area contributed by atoms with Gasteiger partial charge < -0.3 is 14.2 Å². The van der Waals surface area contributed by atoms with Crippen molar-refractivity contribution in [3.63, 3.8) is 0 Å². The van der Waals surface area contributed by atoms with E-state index in [1.54, 1.807) is 0 Å². The number of likely N-dealkylation sites (tertiary alicyclic amines) is 1. The highest BCUT2D eigenvalue weighted by molar-refractivity contribution is 7.08. The van der Waals surface area contributed by atoms with Crippen molar-refractivity contribution < 1.29 is 14.1 Å². The first-order valence-electron chi connectivity index (χ1n) is 8.52. The Morgan fingerprint density at radius 2 is 2.19 bits per heavy atom. The third-order valence-electron chi connectivity index (χ3n) is 4.48. The number of aryl methyl sites for hydroxylation is 1. The summed E-state index contributed by atoms with van der Waals surface area (Å²) in [5.41, 5.74) is 1.93. The molecule has 0 spiro atoms. The van der Waals surface area contributed by atoms with E-state index in [1.165, 1.54) is 16.9 Å². The van der Waals surface area contributed by atoms with Gasteiger partial charge in [-0.3, -0.25) is 4.79 Å². The van der Waals surface area contributed by atoms with Crippen LogP contribution in [0, 0.1) is 6.92 Å². The number of carbonyl (C=O) groups excluding carboxylic acids is 1. The van der Waals surface area contributed by atoms with Gasteiger partial charge in [0.25, 0.3) is 11.8 Å². The molecule has 7 heteroatoms. The lowest BCUT2D eigenvalue weighted by Gasteiger charge is -2.14. The summed E-state index contributed by atoms with van der Waals surface area (Å²) in [6.07, 6.45) is 0.841. The largest absolute Gasteiger partial charge is 0.484 e. The molecule has 2 aromatic heterocycles. The van der Waals surface area contributed by atoms with Crippen molar-refractivity contribution in [3.05, 3.63) is 63.9 Å². The van der Waals surface area contributed by atoms with Crippen molar-refractivity contribution in [3.8, 4) is 5.75 Å². The fraction of sp³-hybridized carbons (Fsp3) is 0.316. The number of amides is 1. The lowest BCUT2D eigenvalue weighted by molar-refractivity contribution is 0.0791. The molecular weight excluding hydrogens is 350 g/mol. The number of aromatic nitrogens is 2. The van der Waals surface area contributed by atoms with Crippen molar-refractivity contribution in [1.82, 2.24) is 15.0 Å². The van der Waals surface area contributed by atoms with Crippen LogP contribution in [0.4, 0.5) is 0 Å². The highest BCUT2D eigenvalue weighted by Gasteiger charge is 2.31. The number of carbonyl (C=O) groups is 1. The number of thiophene rings is 1. The summed E-state index contributed by atoms with van der Waals surface area (Å²) in [7, 11) is 0. The Bertz CT molecular complexity index is 874. The summed E-state index contributed by atoms with van der Waals surface area (Å²) in [5.74, 6) is 2.04. The van der Waals surface area contributed by atoms with Crippen LogP contribution in [0.15, 0.2) is 45.6 Å². The summed E-state index contributed by atoms with van der Waals surface area (Å²) >= 11 is 1.53. The molecule has 1 aromatic carbocycles. The van der Waals surface area contributed by atoms with Crippen LogP contribution in [0.2, 0.25) is 0 Å². The van der Waals surface area contributed by atoms with Gasteiger partial charge in [-0.25, -0.2) is 0 Å². The second-order valence-electron chi connectivity index (χ2n) is 6.40. The van der Waals surface area contributed by atoms with E-state index < -0.39 is 0 Å². The predicted molar refractivity (Wildman–Crippen MR) is 97.4 cm³/mol. The van der Waals surface area contributed by atoms with Crippen LogP contribution in [0.5, 0.6) is 5.75 Å². The summed E-state index contributed by atoms with van der Waals surface area (Å²) in [4.78, 5) is 18.7. The van der Waals surface area contributed by atoms with Gasteiger partial charge in [-0.1, -0.05) is 22.9 Å². The zero-order valence-corrected chi connectivity index (χ0v) is 15.2. The second kappa shape index (κ2) is 7.29. The molecule has 0 aliphatic carbocycles. The van der Waals surface area contributed by atoms with E-state index in [0.717, 1.165) is 17.7 Å². The molecule has 0 bridgehead atoms. The van der Waals surface area contributed by atoms with Crippen molar-refractivity contribution in [2.45, 2.75) is 25.9 Å². The fourth-order valence-electron chi connectivity index (χ4n) is 3.00. The van der Waals surface area contributed by atoms with E-state index >= 15 is 0 Å². The topological polar surface area (TPSA) is 68.5 Å². The van der Waals surface area contributed by atoms with E-state index in [0.29, 0.717) is 24.8 Å². The molecule has 1 saturated heterocycles. The molecule has 0 N–H and O–H groups in total. The zero-order chi connectivity index (χ0) is 17.9. The minimum Gasteiger partial charge on any atom is -0.484 e. The SMILES string of the molecule is Cc1ccc(OCc2nc(C3CCN(C(=O)c4ccsc4)C3)no2)cc1. The average Bonchev–Trinajstić information content (AvgIpc) is 3.41. The van der Waals surface area contributed by atoms with Crippen LogP contribution >= 0.6 is 11.3 Å². The van der Waals surface area contributed by atoms with Crippen LogP contribution in [0.25, 0.3) is 0 Å². The third-order valence-corrected chi connectivity index (χ3v) is 5.16. The first kappa shape index (κ1) is 16.8. The van der Waals surface area contributed by atoms with Crippen molar-refractivity contribution in [2.24, 2.45) is 0 Å².